The van der Waals surface area contributed by atoms with Gasteiger partial charge in [-0.3, -0.25) is 4.90 Å². The normalized spacial score (nSPS) is 21.2. The molecule has 1 aliphatic heterocycles. The molecule has 1 fully saturated rings. The van der Waals surface area contributed by atoms with Gasteiger partial charge in [0.2, 0.25) is 0 Å². The van der Waals surface area contributed by atoms with Gasteiger partial charge in [0, 0.05) is 18.6 Å². The molecular weight excluding hydrogens is 244 g/mol. The average Bonchev–Trinajstić information content (AvgIpc) is 2.38. The second kappa shape index (κ2) is 6.73. The monoisotopic (exact) mass is 274 g/mol. The van der Waals surface area contributed by atoms with Gasteiger partial charge in [-0.1, -0.05) is 24.1 Å². The predicted octanol–water partition coefficient (Wildman–Crippen LogP) is 3.75. The number of nitrogens with one attached hydrogen (secondary N) is 1. The summed E-state index contributed by atoms with van der Waals surface area (Å²) in [5.74, 6) is 0. The van der Waals surface area contributed by atoms with Gasteiger partial charge < -0.3 is 5.32 Å². The molecule has 0 saturated carbocycles. The number of likely N-dealkylation sites (N-methyl/N-ethyl adjacent to an activating group) is 1. The van der Waals surface area contributed by atoms with Crippen molar-refractivity contribution >= 4 is 0 Å². The topological polar surface area (TPSA) is 15.3 Å². The van der Waals surface area contributed by atoms with Crippen molar-refractivity contribution in [1.29, 1.82) is 0 Å². The number of benzene rings is 1. The molecule has 2 unspecified atom stereocenters. The van der Waals surface area contributed by atoms with Crippen molar-refractivity contribution in [2.45, 2.75) is 59.0 Å². The Labute approximate surface area is 124 Å². The van der Waals surface area contributed by atoms with Gasteiger partial charge in [0.1, 0.15) is 0 Å². The van der Waals surface area contributed by atoms with Crippen LogP contribution in [0.1, 0.15) is 54.5 Å². The molecule has 1 aromatic rings. The smallest absolute Gasteiger partial charge is 0.0322 e. The average molecular weight is 274 g/mol. The van der Waals surface area contributed by atoms with Crippen molar-refractivity contribution in [3.05, 3.63) is 34.4 Å². The fourth-order valence-corrected chi connectivity index (χ4v) is 3.66. The molecule has 1 aliphatic rings. The highest BCUT2D eigenvalue weighted by Crippen LogP contribution is 2.27. The van der Waals surface area contributed by atoms with Crippen LogP contribution in [0.2, 0.25) is 0 Å². The van der Waals surface area contributed by atoms with E-state index in [0.29, 0.717) is 12.1 Å². The third kappa shape index (κ3) is 3.62. The summed E-state index contributed by atoms with van der Waals surface area (Å²) in [4.78, 5) is 2.51. The Bertz CT molecular complexity index is 424. The van der Waals surface area contributed by atoms with Crippen molar-refractivity contribution < 1.29 is 0 Å². The van der Waals surface area contributed by atoms with Gasteiger partial charge >= 0.3 is 0 Å². The highest BCUT2D eigenvalue weighted by atomic mass is 15.2. The van der Waals surface area contributed by atoms with Gasteiger partial charge in [-0.2, -0.15) is 0 Å². The summed E-state index contributed by atoms with van der Waals surface area (Å²) in [5, 5.41) is 3.65. The Morgan fingerprint density at radius 3 is 2.40 bits per heavy atom. The summed E-state index contributed by atoms with van der Waals surface area (Å²) >= 11 is 0. The molecule has 0 radical (unpaired) electrons. The molecule has 2 heteroatoms. The van der Waals surface area contributed by atoms with E-state index in [1.54, 1.807) is 0 Å². The predicted molar refractivity (Wildman–Crippen MR) is 87.3 cm³/mol. The Hall–Kier alpha value is -0.860. The van der Waals surface area contributed by atoms with Gasteiger partial charge in [0.05, 0.1) is 0 Å². The molecule has 2 atom stereocenters. The van der Waals surface area contributed by atoms with Crippen LogP contribution < -0.4 is 5.32 Å². The zero-order chi connectivity index (χ0) is 14.7. The van der Waals surface area contributed by atoms with E-state index in [1.807, 2.05) is 0 Å². The molecule has 20 heavy (non-hydrogen) atoms. The molecule has 0 amide bonds. The third-order valence-electron chi connectivity index (χ3n) is 4.74. The van der Waals surface area contributed by atoms with E-state index in [2.05, 4.69) is 57.1 Å². The maximum atomic E-state index is 3.65. The minimum absolute atomic E-state index is 0.485. The van der Waals surface area contributed by atoms with Crippen LogP contribution in [0.3, 0.4) is 0 Å². The molecule has 1 saturated heterocycles. The molecule has 0 bridgehead atoms. The van der Waals surface area contributed by atoms with E-state index in [4.69, 9.17) is 0 Å². The summed E-state index contributed by atoms with van der Waals surface area (Å²) in [5.41, 5.74) is 5.73. The van der Waals surface area contributed by atoms with Crippen LogP contribution in [-0.2, 0) is 0 Å². The quantitative estimate of drug-likeness (QED) is 0.899. The standard InChI is InChI=1S/C18H30N2/c1-13-10-14(2)18(15(3)11-13)16(4)20(5)12-17-8-6-7-9-19-17/h10-11,16-17,19H,6-9,12H2,1-5H3. The van der Waals surface area contributed by atoms with Gasteiger partial charge in [0.15, 0.2) is 0 Å². The van der Waals surface area contributed by atoms with Crippen LogP contribution in [0.5, 0.6) is 0 Å². The molecule has 2 rings (SSSR count). The zero-order valence-electron chi connectivity index (χ0n) is 13.8. The van der Waals surface area contributed by atoms with Crippen LogP contribution >= 0.6 is 0 Å². The fourth-order valence-electron chi connectivity index (χ4n) is 3.66. The lowest BCUT2D eigenvalue weighted by molar-refractivity contribution is 0.214. The first-order valence-electron chi connectivity index (χ1n) is 8.00. The van der Waals surface area contributed by atoms with Crippen LogP contribution in [0.25, 0.3) is 0 Å². The first-order valence-corrected chi connectivity index (χ1v) is 8.00. The van der Waals surface area contributed by atoms with Crippen molar-refractivity contribution in [2.24, 2.45) is 0 Å². The molecule has 1 heterocycles. The van der Waals surface area contributed by atoms with Crippen LogP contribution in [-0.4, -0.2) is 31.1 Å². The van der Waals surface area contributed by atoms with E-state index in [-0.39, 0.29) is 0 Å². The number of piperidine rings is 1. The van der Waals surface area contributed by atoms with Crippen molar-refractivity contribution in [3.8, 4) is 0 Å². The van der Waals surface area contributed by atoms with Gasteiger partial charge in [-0.15, -0.1) is 0 Å². The molecule has 2 nitrogen and oxygen atoms in total. The lowest BCUT2D eigenvalue weighted by Crippen LogP contribution is -2.43. The number of aryl methyl sites for hydroxylation is 3. The highest BCUT2D eigenvalue weighted by molar-refractivity contribution is 5.39. The first kappa shape index (κ1) is 15.5. The summed E-state index contributed by atoms with van der Waals surface area (Å²) in [6.45, 7) is 11.4. The maximum Gasteiger partial charge on any atom is 0.0322 e. The lowest BCUT2D eigenvalue weighted by Gasteiger charge is -2.33. The largest absolute Gasteiger partial charge is 0.313 e. The molecule has 112 valence electrons. The molecule has 0 spiro atoms. The van der Waals surface area contributed by atoms with E-state index < -0.39 is 0 Å². The molecule has 0 aliphatic carbocycles. The summed E-state index contributed by atoms with van der Waals surface area (Å²) in [7, 11) is 2.26. The Morgan fingerprint density at radius 2 is 1.85 bits per heavy atom. The van der Waals surface area contributed by atoms with Gasteiger partial charge in [-0.25, -0.2) is 0 Å². The van der Waals surface area contributed by atoms with E-state index in [1.165, 1.54) is 48.1 Å². The first-order chi connectivity index (χ1) is 9.49. The molecule has 1 aromatic carbocycles. The van der Waals surface area contributed by atoms with Crippen LogP contribution in [0.15, 0.2) is 12.1 Å². The number of hydrogen-bond acceptors (Lipinski definition) is 2. The number of hydrogen-bond donors (Lipinski definition) is 1. The van der Waals surface area contributed by atoms with E-state index in [0.717, 1.165) is 6.54 Å². The van der Waals surface area contributed by atoms with Crippen molar-refractivity contribution in [1.82, 2.24) is 10.2 Å². The zero-order valence-corrected chi connectivity index (χ0v) is 13.8. The summed E-state index contributed by atoms with van der Waals surface area (Å²) in [6, 6.07) is 5.78. The second-order valence-corrected chi connectivity index (χ2v) is 6.57. The Morgan fingerprint density at radius 1 is 1.20 bits per heavy atom. The SMILES string of the molecule is Cc1cc(C)c(C(C)N(C)CC2CCCCN2)c(C)c1. The van der Waals surface area contributed by atoms with E-state index >= 15 is 0 Å². The molecular formula is C18H30N2. The lowest BCUT2D eigenvalue weighted by atomic mass is 9.93. The Balaban J connectivity index is 2.08. The second-order valence-electron chi connectivity index (χ2n) is 6.57. The fraction of sp³-hybridized carbons (Fsp3) is 0.667. The van der Waals surface area contributed by atoms with Gasteiger partial charge in [-0.05, 0) is 70.8 Å². The van der Waals surface area contributed by atoms with Crippen LogP contribution in [0.4, 0.5) is 0 Å². The number of nitrogens with zero attached hydrogens (tertiary/aromatic N) is 1. The van der Waals surface area contributed by atoms with Crippen molar-refractivity contribution in [3.63, 3.8) is 0 Å². The maximum absolute atomic E-state index is 3.65. The highest BCUT2D eigenvalue weighted by Gasteiger charge is 2.20. The Kier molecular flexibility index (Phi) is 5.22. The molecule has 0 aromatic heterocycles. The van der Waals surface area contributed by atoms with Gasteiger partial charge in [0.25, 0.3) is 0 Å². The van der Waals surface area contributed by atoms with E-state index in [9.17, 15) is 0 Å². The third-order valence-corrected chi connectivity index (χ3v) is 4.74. The summed E-state index contributed by atoms with van der Waals surface area (Å²) < 4.78 is 0. The minimum atomic E-state index is 0.485. The molecule has 1 N–H and O–H groups in total. The van der Waals surface area contributed by atoms with Crippen LogP contribution in [0, 0.1) is 20.8 Å². The summed E-state index contributed by atoms with van der Waals surface area (Å²) in [6.07, 6.45) is 4.04. The minimum Gasteiger partial charge on any atom is -0.313 e. The van der Waals surface area contributed by atoms with Crippen molar-refractivity contribution in [2.75, 3.05) is 20.1 Å². The number of rotatable bonds is 4.